The highest BCUT2D eigenvalue weighted by Gasteiger charge is 2.24. The molecule has 0 aliphatic heterocycles. The SMILES string of the molecule is Nc1ccc(S(=O)(=O)NCC2CCCC(O)C2)c(F)c1. The summed E-state index contributed by atoms with van der Waals surface area (Å²) in [7, 11) is -3.89. The summed E-state index contributed by atoms with van der Waals surface area (Å²) in [5.74, 6) is -0.772. The molecule has 1 aromatic carbocycles. The fourth-order valence-electron chi connectivity index (χ4n) is 2.49. The molecule has 20 heavy (non-hydrogen) atoms. The topological polar surface area (TPSA) is 92.4 Å². The van der Waals surface area contributed by atoms with Gasteiger partial charge in [-0.3, -0.25) is 0 Å². The highest BCUT2D eigenvalue weighted by atomic mass is 32.2. The van der Waals surface area contributed by atoms with Crippen molar-refractivity contribution in [3.05, 3.63) is 24.0 Å². The van der Waals surface area contributed by atoms with Crippen LogP contribution in [0.25, 0.3) is 0 Å². The van der Waals surface area contributed by atoms with Gasteiger partial charge in [0.1, 0.15) is 10.7 Å². The summed E-state index contributed by atoms with van der Waals surface area (Å²) in [6.07, 6.45) is 2.71. The van der Waals surface area contributed by atoms with E-state index in [0.29, 0.717) is 6.42 Å². The van der Waals surface area contributed by atoms with Crippen molar-refractivity contribution in [3.63, 3.8) is 0 Å². The van der Waals surface area contributed by atoms with Crippen molar-refractivity contribution in [2.24, 2.45) is 5.92 Å². The predicted molar refractivity (Wildman–Crippen MR) is 74.0 cm³/mol. The molecule has 1 fully saturated rings. The van der Waals surface area contributed by atoms with Crippen LogP contribution in [0.15, 0.2) is 23.1 Å². The zero-order chi connectivity index (χ0) is 14.8. The molecule has 1 aliphatic carbocycles. The number of halogens is 1. The van der Waals surface area contributed by atoms with Crippen molar-refractivity contribution in [1.29, 1.82) is 0 Å². The van der Waals surface area contributed by atoms with Crippen molar-refractivity contribution in [2.45, 2.75) is 36.7 Å². The molecule has 112 valence electrons. The Morgan fingerprint density at radius 3 is 2.80 bits per heavy atom. The van der Waals surface area contributed by atoms with E-state index in [1.165, 1.54) is 6.07 Å². The van der Waals surface area contributed by atoms with Gasteiger partial charge in [-0.15, -0.1) is 0 Å². The molecule has 2 rings (SSSR count). The lowest BCUT2D eigenvalue weighted by Gasteiger charge is -2.25. The fourth-order valence-corrected chi connectivity index (χ4v) is 3.66. The zero-order valence-corrected chi connectivity index (χ0v) is 11.9. The minimum absolute atomic E-state index is 0.0883. The number of aliphatic hydroxyl groups is 1. The molecule has 4 N–H and O–H groups in total. The average molecular weight is 302 g/mol. The van der Waals surface area contributed by atoms with E-state index in [4.69, 9.17) is 5.73 Å². The number of nitrogen functional groups attached to an aromatic ring is 1. The standard InChI is InChI=1S/C13H19FN2O3S/c14-12-7-10(15)4-5-13(12)20(18,19)16-8-9-2-1-3-11(17)6-9/h4-5,7,9,11,16-17H,1-3,6,8,15H2. The Kier molecular flexibility index (Phi) is 4.62. The van der Waals surface area contributed by atoms with Crippen molar-refractivity contribution >= 4 is 15.7 Å². The summed E-state index contributed by atoms with van der Waals surface area (Å²) in [5, 5.41) is 9.55. The third-order valence-electron chi connectivity index (χ3n) is 3.56. The lowest BCUT2D eigenvalue weighted by Crippen LogP contribution is -2.33. The Morgan fingerprint density at radius 1 is 1.40 bits per heavy atom. The van der Waals surface area contributed by atoms with Gasteiger partial charge in [-0.1, -0.05) is 6.42 Å². The van der Waals surface area contributed by atoms with Gasteiger partial charge in [0.2, 0.25) is 10.0 Å². The molecule has 0 bridgehead atoms. The van der Waals surface area contributed by atoms with Crippen LogP contribution in [-0.4, -0.2) is 26.2 Å². The van der Waals surface area contributed by atoms with Crippen molar-refractivity contribution in [1.82, 2.24) is 4.72 Å². The normalized spacial score (nSPS) is 23.7. The third-order valence-corrected chi connectivity index (χ3v) is 5.02. The van der Waals surface area contributed by atoms with E-state index in [9.17, 15) is 17.9 Å². The molecule has 1 aliphatic rings. The third kappa shape index (κ3) is 3.68. The molecule has 1 aromatic rings. The highest BCUT2D eigenvalue weighted by molar-refractivity contribution is 7.89. The van der Waals surface area contributed by atoms with Crippen LogP contribution in [0.4, 0.5) is 10.1 Å². The number of hydrogen-bond donors (Lipinski definition) is 3. The van der Waals surface area contributed by atoms with Gasteiger partial charge < -0.3 is 10.8 Å². The molecular formula is C13H19FN2O3S. The van der Waals surface area contributed by atoms with Crippen LogP contribution in [-0.2, 0) is 10.0 Å². The minimum Gasteiger partial charge on any atom is -0.399 e. The average Bonchev–Trinajstić information content (AvgIpc) is 2.36. The molecule has 0 spiro atoms. The first-order valence-electron chi connectivity index (χ1n) is 6.61. The molecule has 0 amide bonds. The molecule has 1 saturated carbocycles. The van der Waals surface area contributed by atoms with Crippen LogP contribution >= 0.6 is 0 Å². The van der Waals surface area contributed by atoms with Gasteiger partial charge in [-0.2, -0.15) is 0 Å². The first-order valence-corrected chi connectivity index (χ1v) is 8.09. The van der Waals surface area contributed by atoms with E-state index in [1.807, 2.05) is 0 Å². The summed E-state index contributed by atoms with van der Waals surface area (Å²) >= 11 is 0. The van der Waals surface area contributed by atoms with E-state index >= 15 is 0 Å². The number of sulfonamides is 1. The number of benzene rings is 1. The first-order chi connectivity index (χ1) is 9.38. The Bertz CT molecular complexity index is 577. The number of aliphatic hydroxyl groups excluding tert-OH is 1. The second kappa shape index (κ2) is 6.07. The van der Waals surface area contributed by atoms with E-state index in [1.54, 1.807) is 0 Å². The van der Waals surface area contributed by atoms with E-state index < -0.39 is 20.7 Å². The quantitative estimate of drug-likeness (QED) is 0.730. The minimum atomic E-state index is -3.89. The molecular weight excluding hydrogens is 283 g/mol. The molecule has 0 saturated heterocycles. The van der Waals surface area contributed by atoms with E-state index in [0.717, 1.165) is 31.4 Å². The van der Waals surface area contributed by atoms with Gasteiger partial charge in [0.25, 0.3) is 0 Å². The lowest BCUT2D eigenvalue weighted by molar-refractivity contribution is 0.102. The van der Waals surface area contributed by atoms with Gasteiger partial charge >= 0.3 is 0 Å². The molecule has 0 radical (unpaired) electrons. The van der Waals surface area contributed by atoms with Crippen LogP contribution in [0.2, 0.25) is 0 Å². The van der Waals surface area contributed by atoms with Crippen molar-refractivity contribution < 1.29 is 17.9 Å². The fraction of sp³-hybridized carbons (Fsp3) is 0.538. The summed E-state index contributed by atoms with van der Waals surface area (Å²) in [6, 6.07) is 3.49. The maximum absolute atomic E-state index is 13.6. The zero-order valence-electron chi connectivity index (χ0n) is 11.0. The number of nitrogens with one attached hydrogen (secondary N) is 1. The monoisotopic (exact) mass is 302 g/mol. The summed E-state index contributed by atoms with van der Waals surface area (Å²) in [5.41, 5.74) is 5.57. The van der Waals surface area contributed by atoms with Gasteiger partial charge in [0.05, 0.1) is 6.10 Å². The maximum atomic E-state index is 13.6. The highest BCUT2D eigenvalue weighted by Crippen LogP contribution is 2.24. The second-order valence-electron chi connectivity index (χ2n) is 5.23. The summed E-state index contributed by atoms with van der Waals surface area (Å²) in [6.45, 7) is 0.212. The molecule has 2 atom stereocenters. The predicted octanol–water partition coefficient (Wildman–Crippen LogP) is 1.24. The van der Waals surface area contributed by atoms with Gasteiger partial charge in [0, 0.05) is 12.2 Å². The van der Waals surface area contributed by atoms with E-state index in [2.05, 4.69) is 4.72 Å². The van der Waals surface area contributed by atoms with Gasteiger partial charge in [0.15, 0.2) is 0 Å². The van der Waals surface area contributed by atoms with Crippen LogP contribution in [0, 0.1) is 11.7 Å². The number of hydrogen-bond acceptors (Lipinski definition) is 4. The van der Waals surface area contributed by atoms with Crippen LogP contribution in [0.1, 0.15) is 25.7 Å². The van der Waals surface area contributed by atoms with Crippen LogP contribution in [0.3, 0.4) is 0 Å². The lowest BCUT2D eigenvalue weighted by atomic mass is 9.87. The number of anilines is 1. The van der Waals surface area contributed by atoms with Crippen molar-refractivity contribution in [2.75, 3.05) is 12.3 Å². The second-order valence-corrected chi connectivity index (χ2v) is 6.96. The number of rotatable bonds is 4. The molecule has 2 unspecified atom stereocenters. The van der Waals surface area contributed by atoms with E-state index in [-0.39, 0.29) is 24.3 Å². The Hall–Kier alpha value is -1.18. The maximum Gasteiger partial charge on any atom is 0.243 e. The van der Waals surface area contributed by atoms with Gasteiger partial charge in [-0.25, -0.2) is 17.5 Å². The number of nitrogens with two attached hydrogens (primary N) is 1. The molecule has 7 heteroatoms. The smallest absolute Gasteiger partial charge is 0.243 e. The Balaban J connectivity index is 2.03. The summed E-state index contributed by atoms with van der Waals surface area (Å²) in [4.78, 5) is -0.400. The summed E-state index contributed by atoms with van der Waals surface area (Å²) < 4.78 is 40.1. The molecule has 0 heterocycles. The van der Waals surface area contributed by atoms with Crippen LogP contribution < -0.4 is 10.5 Å². The molecule has 5 nitrogen and oxygen atoms in total. The van der Waals surface area contributed by atoms with Gasteiger partial charge in [-0.05, 0) is 43.4 Å². The van der Waals surface area contributed by atoms with Crippen molar-refractivity contribution in [3.8, 4) is 0 Å². The Morgan fingerprint density at radius 2 is 2.15 bits per heavy atom. The van der Waals surface area contributed by atoms with Crippen LogP contribution in [0.5, 0.6) is 0 Å². The Labute approximate surface area is 118 Å². The largest absolute Gasteiger partial charge is 0.399 e. The molecule has 0 aromatic heterocycles. The first kappa shape index (κ1) is 15.2.